The van der Waals surface area contributed by atoms with E-state index in [-0.39, 0.29) is 16.8 Å². The third kappa shape index (κ3) is 5.21. The average molecular weight is 377 g/mol. The number of ether oxygens (including phenoxy) is 1. The van der Waals surface area contributed by atoms with Crippen LogP contribution in [0.15, 0.2) is 53.4 Å². The van der Waals surface area contributed by atoms with Crippen LogP contribution in [0.1, 0.15) is 17.3 Å². The van der Waals surface area contributed by atoms with Crippen molar-refractivity contribution < 1.29 is 17.9 Å². The standard InChI is InChI=1S/C18H23N3O4S/c1-13(19-2)12-20-18(22)14-4-10-17(11-5-14)26(23,24)21-15-6-8-16(25-3)9-7-15/h4-11,13,19,21H,12H2,1-3H3,(H,20,22). The lowest BCUT2D eigenvalue weighted by Crippen LogP contribution is -2.37. The molecule has 0 saturated carbocycles. The molecule has 3 N–H and O–H groups in total. The van der Waals surface area contributed by atoms with Crippen molar-refractivity contribution in [2.24, 2.45) is 0 Å². The molecule has 2 aromatic rings. The topological polar surface area (TPSA) is 96.5 Å². The lowest BCUT2D eigenvalue weighted by atomic mass is 10.2. The second-order valence-electron chi connectivity index (χ2n) is 5.76. The first-order chi connectivity index (χ1) is 12.4. The maximum Gasteiger partial charge on any atom is 0.261 e. The SMILES string of the molecule is CNC(C)CNC(=O)c1ccc(S(=O)(=O)Nc2ccc(OC)cc2)cc1. The molecule has 0 aliphatic carbocycles. The number of benzene rings is 2. The number of sulfonamides is 1. The minimum atomic E-state index is -3.74. The number of hydrogen-bond donors (Lipinski definition) is 3. The molecule has 0 heterocycles. The van der Waals surface area contributed by atoms with Gasteiger partial charge in [-0.3, -0.25) is 9.52 Å². The highest BCUT2D eigenvalue weighted by atomic mass is 32.2. The Hall–Kier alpha value is -2.58. The van der Waals surface area contributed by atoms with Gasteiger partial charge in [0.05, 0.1) is 12.0 Å². The number of anilines is 1. The summed E-state index contributed by atoms with van der Waals surface area (Å²) in [4.78, 5) is 12.1. The fraction of sp³-hybridized carbons (Fsp3) is 0.278. The van der Waals surface area contributed by atoms with E-state index in [2.05, 4.69) is 15.4 Å². The van der Waals surface area contributed by atoms with Gasteiger partial charge in [0.1, 0.15) is 5.75 Å². The summed E-state index contributed by atoms with van der Waals surface area (Å²) in [6.45, 7) is 2.43. The molecule has 1 amide bonds. The van der Waals surface area contributed by atoms with Gasteiger partial charge in [-0.05, 0) is 62.5 Å². The summed E-state index contributed by atoms with van der Waals surface area (Å²) in [5, 5.41) is 5.80. The molecule has 0 radical (unpaired) electrons. The first kappa shape index (κ1) is 19.7. The Balaban J connectivity index is 2.06. The number of likely N-dealkylation sites (N-methyl/N-ethyl adjacent to an activating group) is 1. The zero-order valence-electron chi connectivity index (χ0n) is 14.9. The summed E-state index contributed by atoms with van der Waals surface area (Å²) in [6, 6.07) is 12.5. The predicted molar refractivity (Wildman–Crippen MR) is 101 cm³/mol. The van der Waals surface area contributed by atoms with E-state index in [0.717, 1.165) is 0 Å². The predicted octanol–water partition coefficient (Wildman–Crippen LogP) is 1.83. The maximum absolute atomic E-state index is 12.4. The van der Waals surface area contributed by atoms with Crippen LogP contribution in [0.25, 0.3) is 0 Å². The minimum absolute atomic E-state index is 0.0773. The first-order valence-corrected chi connectivity index (χ1v) is 9.56. The Morgan fingerprint density at radius 3 is 2.23 bits per heavy atom. The van der Waals surface area contributed by atoms with Crippen molar-refractivity contribution in [3.05, 3.63) is 54.1 Å². The summed E-state index contributed by atoms with van der Waals surface area (Å²) in [5.74, 6) is 0.384. The minimum Gasteiger partial charge on any atom is -0.497 e. The van der Waals surface area contributed by atoms with Gasteiger partial charge in [-0.25, -0.2) is 8.42 Å². The lowest BCUT2D eigenvalue weighted by Gasteiger charge is -2.12. The third-order valence-electron chi connectivity index (χ3n) is 3.83. The number of rotatable bonds is 8. The van der Waals surface area contributed by atoms with E-state index >= 15 is 0 Å². The van der Waals surface area contributed by atoms with Gasteiger partial charge in [0.25, 0.3) is 15.9 Å². The molecule has 0 aliphatic heterocycles. The van der Waals surface area contributed by atoms with Crippen molar-refractivity contribution in [1.29, 1.82) is 0 Å². The second kappa shape index (κ2) is 8.68. The molecular formula is C18H23N3O4S. The van der Waals surface area contributed by atoms with Crippen LogP contribution >= 0.6 is 0 Å². The van der Waals surface area contributed by atoms with E-state index < -0.39 is 10.0 Å². The molecule has 0 aliphatic rings. The van der Waals surface area contributed by atoms with Crippen LogP contribution in [0.2, 0.25) is 0 Å². The lowest BCUT2D eigenvalue weighted by molar-refractivity contribution is 0.0950. The van der Waals surface area contributed by atoms with Gasteiger partial charge >= 0.3 is 0 Å². The van der Waals surface area contributed by atoms with Gasteiger partial charge in [0.15, 0.2) is 0 Å². The fourth-order valence-corrected chi connectivity index (χ4v) is 3.17. The van der Waals surface area contributed by atoms with Crippen LogP contribution in [0.3, 0.4) is 0 Å². The van der Waals surface area contributed by atoms with Gasteiger partial charge in [-0.2, -0.15) is 0 Å². The van der Waals surface area contributed by atoms with Crippen LogP contribution < -0.4 is 20.1 Å². The van der Waals surface area contributed by atoms with Crippen LogP contribution in [0.4, 0.5) is 5.69 Å². The largest absolute Gasteiger partial charge is 0.497 e. The Morgan fingerprint density at radius 2 is 1.69 bits per heavy atom. The zero-order valence-corrected chi connectivity index (χ0v) is 15.8. The van der Waals surface area contributed by atoms with Gasteiger partial charge in [0.2, 0.25) is 0 Å². The highest BCUT2D eigenvalue weighted by Crippen LogP contribution is 2.19. The molecule has 140 valence electrons. The van der Waals surface area contributed by atoms with Gasteiger partial charge in [0, 0.05) is 23.8 Å². The van der Waals surface area contributed by atoms with Crippen LogP contribution in [-0.2, 0) is 10.0 Å². The highest BCUT2D eigenvalue weighted by Gasteiger charge is 2.15. The highest BCUT2D eigenvalue weighted by molar-refractivity contribution is 7.92. The number of nitrogens with one attached hydrogen (secondary N) is 3. The van der Waals surface area contributed by atoms with Gasteiger partial charge < -0.3 is 15.4 Å². The normalized spacial score (nSPS) is 12.3. The maximum atomic E-state index is 12.4. The zero-order chi connectivity index (χ0) is 19.2. The Labute approximate surface area is 153 Å². The van der Waals surface area contributed by atoms with Gasteiger partial charge in [-0.15, -0.1) is 0 Å². The fourth-order valence-electron chi connectivity index (χ4n) is 2.11. The van der Waals surface area contributed by atoms with E-state index in [9.17, 15) is 13.2 Å². The Kier molecular flexibility index (Phi) is 6.59. The Morgan fingerprint density at radius 1 is 1.08 bits per heavy atom. The molecule has 0 aromatic heterocycles. The molecule has 2 aromatic carbocycles. The summed E-state index contributed by atoms with van der Waals surface area (Å²) < 4.78 is 32.4. The summed E-state index contributed by atoms with van der Waals surface area (Å²) in [6.07, 6.45) is 0. The van der Waals surface area contributed by atoms with Crippen LogP contribution in [0, 0.1) is 0 Å². The molecular weight excluding hydrogens is 354 g/mol. The average Bonchev–Trinajstić information content (AvgIpc) is 2.66. The molecule has 1 atom stereocenters. The van der Waals surface area contributed by atoms with E-state index in [4.69, 9.17) is 4.74 Å². The summed E-state index contributed by atoms with van der Waals surface area (Å²) in [7, 11) is -0.388. The number of methoxy groups -OCH3 is 1. The van der Waals surface area contributed by atoms with Crippen molar-refractivity contribution in [3.63, 3.8) is 0 Å². The number of hydrogen-bond acceptors (Lipinski definition) is 5. The second-order valence-corrected chi connectivity index (χ2v) is 7.44. The molecule has 0 bridgehead atoms. The molecule has 0 fully saturated rings. The van der Waals surface area contributed by atoms with Crippen molar-refractivity contribution in [2.45, 2.75) is 17.9 Å². The molecule has 8 heteroatoms. The smallest absolute Gasteiger partial charge is 0.261 e. The molecule has 2 rings (SSSR count). The van der Waals surface area contributed by atoms with Crippen molar-refractivity contribution >= 4 is 21.6 Å². The molecule has 26 heavy (non-hydrogen) atoms. The van der Waals surface area contributed by atoms with Crippen LogP contribution in [0.5, 0.6) is 5.75 Å². The first-order valence-electron chi connectivity index (χ1n) is 8.08. The number of amides is 1. The van der Waals surface area contributed by atoms with Crippen molar-refractivity contribution in [3.8, 4) is 5.75 Å². The van der Waals surface area contributed by atoms with E-state index in [1.54, 1.807) is 24.3 Å². The number of carbonyl (C=O) groups is 1. The van der Waals surface area contributed by atoms with E-state index in [1.165, 1.54) is 31.4 Å². The monoisotopic (exact) mass is 377 g/mol. The molecule has 0 spiro atoms. The summed E-state index contributed by atoms with van der Waals surface area (Å²) in [5.41, 5.74) is 0.824. The molecule has 1 unspecified atom stereocenters. The van der Waals surface area contributed by atoms with E-state index in [1.807, 2.05) is 14.0 Å². The molecule has 0 saturated heterocycles. The van der Waals surface area contributed by atoms with Crippen LogP contribution in [-0.4, -0.2) is 41.1 Å². The summed E-state index contributed by atoms with van der Waals surface area (Å²) >= 11 is 0. The third-order valence-corrected chi connectivity index (χ3v) is 5.23. The van der Waals surface area contributed by atoms with Crippen molar-refractivity contribution in [1.82, 2.24) is 10.6 Å². The van der Waals surface area contributed by atoms with Gasteiger partial charge in [-0.1, -0.05) is 0 Å². The number of carbonyl (C=O) groups excluding carboxylic acids is 1. The van der Waals surface area contributed by atoms with Crippen molar-refractivity contribution in [2.75, 3.05) is 25.4 Å². The quantitative estimate of drug-likeness (QED) is 0.652. The Bertz CT molecular complexity index is 834. The van der Waals surface area contributed by atoms with E-state index in [0.29, 0.717) is 23.5 Å². The molecule has 7 nitrogen and oxygen atoms in total.